The third-order valence-corrected chi connectivity index (χ3v) is 1.16. The molecule has 0 heterocycles. The fourth-order valence-corrected chi connectivity index (χ4v) is 0.614. The van der Waals surface area contributed by atoms with Gasteiger partial charge in [0.2, 0.25) is 0 Å². The molecule has 0 aliphatic rings. The first kappa shape index (κ1) is 10.2. The Hall–Kier alpha value is -0.840. The van der Waals surface area contributed by atoms with E-state index in [1.807, 2.05) is 0 Å². The number of aliphatic imine (C=N–C) groups is 1. The average molecular weight is 180 g/mol. The second kappa shape index (κ2) is 5.91. The maximum Gasteiger partial charge on any atom is 0.259 e. The maximum absolute atomic E-state index is 9.98. The first-order chi connectivity index (χ1) is 5.20. The Kier molecular flexibility index (Phi) is 5.46. The van der Waals surface area contributed by atoms with E-state index in [0.29, 0.717) is 18.3 Å². The largest absolute Gasteiger partial charge is 0.367 e. The monoisotopic (exact) mass is 179 g/mol. The minimum atomic E-state index is -0.441. The van der Waals surface area contributed by atoms with Gasteiger partial charge in [0.15, 0.2) is 5.84 Å². The molecule has 0 saturated heterocycles. The second-order valence-electron chi connectivity index (χ2n) is 1.78. The minimum Gasteiger partial charge on any atom is -0.367 e. The van der Waals surface area contributed by atoms with Crippen LogP contribution in [-0.4, -0.2) is 36.8 Å². The number of hydrogen-bond acceptors (Lipinski definition) is 3. The highest BCUT2D eigenvalue weighted by Gasteiger charge is 2.03. The molecule has 0 aromatic heterocycles. The van der Waals surface area contributed by atoms with Crippen molar-refractivity contribution in [3.63, 3.8) is 0 Å². The summed E-state index contributed by atoms with van der Waals surface area (Å²) in [6.45, 7) is 0.232. The van der Waals surface area contributed by atoms with Crippen LogP contribution in [0.2, 0.25) is 0 Å². The molecule has 1 N–H and O–H groups in total. The molecule has 0 saturated carbocycles. The van der Waals surface area contributed by atoms with Gasteiger partial charge in [-0.15, -0.1) is 11.6 Å². The maximum atomic E-state index is 9.98. The van der Waals surface area contributed by atoms with E-state index in [0.717, 1.165) is 0 Å². The van der Waals surface area contributed by atoms with Gasteiger partial charge in [0, 0.05) is 24.4 Å². The lowest BCUT2D eigenvalue weighted by Crippen LogP contribution is -2.31. The van der Waals surface area contributed by atoms with Crippen molar-refractivity contribution in [1.29, 1.82) is 0 Å². The van der Waals surface area contributed by atoms with Crippen molar-refractivity contribution in [2.45, 2.75) is 0 Å². The predicted octanol–water partition coefficient (Wildman–Crippen LogP) is 0.120. The Morgan fingerprint density at radius 1 is 1.82 bits per heavy atom. The van der Waals surface area contributed by atoms with Crippen molar-refractivity contribution < 1.29 is 4.92 Å². The average Bonchev–Trinajstić information content (AvgIpc) is 1.97. The van der Waals surface area contributed by atoms with E-state index >= 15 is 0 Å². The van der Waals surface area contributed by atoms with Crippen molar-refractivity contribution in [3.8, 4) is 0 Å². The molecule has 0 radical (unpaired) electrons. The van der Waals surface area contributed by atoms with Gasteiger partial charge < -0.3 is 5.32 Å². The molecule has 0 rings (SSSR count). The quantitative estimate of drug-likeness (QED) is 0.219. The molecule has 0 aromatic carbocycles. The number of rotatable bonds is 4. The molecule has 0 aliphatic heterocycles. The lowest BCUT2D eigenvalue weighted by molar-refractivity contribution is -0.463. The van der Waals surface area contributed by atoms with Gasteiger partial charge >= 0.3 is 0 Å². The Labute approximate surface area is 69.6 Å². The topological polar surface area (TPSA) is 67.5 Å². The summed E-state index contributed by atoms with van der Waals surface area (Å²) < 4.78 is 0. The number of nitrogens with one attached hydrogen (secondary N) is 1. The molecule has 0 amide bonds. The van der Waals surface area contributed by atoms with Crippen LogP contribution in [0, 0.1) is 10.1 Å². The molecule has 0 unspecified atom stereocenters. The third-order valence-electron chi connectivity index (χ3n) is 0.972. The van der Waals surface area contributed by atoms with E-state index < -0.39 is 4.92 Å². The first-order valence-corrected chi connectivity index (χ1v) is 3.61. The summed E-state index contributed by atoms with van der Waals surface area (Å²) in [7, 11) is 1.50. The van der Waals surface area contributed by atoms with Gasteiger partial charge in [0.25, 0.3) is 6.54 Å². The Bertz CT molecular complexity index is 160. The van der Waals surface area contributed by atoms with Gasteiger partial charge in [-0.3, -0.25) is 15.1 Å². The first-order valence-electron chi connectivity index (χ1n) is 3.08. The molecule has 0 atom stereocenters. The van der Waals surface area contributed by atoms with E-state index in [4.69, 9.17) is 11.6 Å². The van der Waals surface area contributed by atoms with Crippen molar-refractivity contribution in [3.05, 3.63) is 10.1 Å². The number of nitrogens with zero attached hydrogens (tertiary/aromatic N) is 2. The van der Waals surface area contributed by atoms with Gasteiger partial charge in [-0.05, 0) is 0 Å². The molecule has 64 valence electrons. The van der Waals surface area contributed by atoms with Crippen LogP contribution in [0.3, 0.4) is 0 Å². The summed E-state index contributed by atoms with van der Waals surface area (Å²) in [6.07, 6.45) is 0. The summed E-state index contributed by atoms with van der Waals surface area (Å²) in [4.78, 5) is 13.2. The van der Waals surface area contributed by atoms with Crippen LogP contribution in [0.1, 0.15) is 0 Å². The van der Waals surface area contributed by atoms with E-state index in [-0.39, 0.29) is 6.54 Å². The number of amidine groups is 1. The standard InChI is InChI=1S/C5H10ClN3O2/c1-7-5(4-9(10)11)8-3-2-6/h2-4H2,1H3,(H,7,8). The highest BCUT2D eigenvalue weighted by atomic mass is 35.5. The number of alkyl halides is 1. The smallest absolute Gasteiger partial charge is 0.259 e. The van der Waals surface area contributed by atoms with Crippen LogP contribution in [0.4, 0.5) is 0 Å². The summed E-state index contributed by atoms with van der Waals surface area (Å²) in [6, 6.07) is 0. The highest BCUT2D eigenvalue weighted by molar-refractivity contribution is 6.18. The lowest BCUT2D eigenvalue weighted by atomic mass is 10.5. The lowest BCUT2D eigenvalue weighted by Gasteiger charge is -2.01. The Morgan fingerprint density at radius 3 is 2.82 bits per heavy atom. The van der Waals surface area contributed by atoms with Crippen LogP contribution in [0.5, 0.6) is 0 Å². The molecular formula is C5H10ClN3O2. The number of hydrogen-bond donors (Lipinski definition) is 1. The zero-order valence-corrected chi connectivity index (χ0v) is 6.97. The molecule has 0 aliphatic carbocycles. The van der Waals surface area contributed by atoms with Crippen LogP contribution >= 0.6 is 11.6 Å². The van der Waals surface area contributed by atoms with Gasteiger partial charge in [0.1, 0.15) is 0 Å². The Balaban J connectivity index is 3.69. The third kappa shape index (κ3) is 5.60. The van der Waals surface area contributed by atoms with Gasteiger partial charge in [0.05, 0.1) is 0 Å². The summed E-state index contributed by atoms with van der Waals surface area (Å²) in [5.74, 6) is 0.771. The Morgan fingerprint density at radius 2 is 2.45 bits per heavy atom. The normalized spacial score (nSPS) is 11.3. The minimum absolute atomic E-state index is 0.270. The van der Waals surface area contributed by atoms with Crippen molar-refractivity contribution in [2.24, 2.45) is 4.99 Å². The molecule has 11 heavy (non-hydrogen) atoms. The van der Waals surface area contributed by atoms with Crippen molar-refractivity contribution >= 4 is 17.4 Å². The van der Waals surface area contributed by atoms with Crippen LogP contribution in [-0.2, 0) is 0 Å². The number of halogens is 1. The van der Waals surface area contributed by atoms with Gasteiger partial charge in [-0.25, -0.2) is 0 Å². The van der Waals surface area contributed by atoms with E-state index in [1.54, 1.807) is 0 Å². The fourth-order valence-electron chi connectivity index (χ4n) is 0.519. The molecule has 0 bridgehead atoms. The number of nitro groups is 1. The molecule has 0 spiro atoms. The zero-order chi connectivity index (χ0) is 8.69. The van der Waals surface area contributed by atoms with E-state index in [1.165, 1.54) is 7.05 Å². The van der Waals surface area contributed by atoms with E-state index in [2.05, 4.69) is 10.3 Å². The predicted molar refractivity (Wildman–Crippen MR) is 43.9 cm³/mol. The van der Waals surface area contributed by atoms with Crippen molar-refractivity contribution in [1.82, 2.24) is 5.32 Å². The molecule has 0 aromatic rings. The van der Waals surface area contributed by atoms with E-state index in [9.17, 15) is 10.1 Å². The molecule has 5 nitrogen and oxygen atoms in total. The summed E-state index contributed by atoms with van der Waals surface area (Å²) in [5.41, 5.74) is 0. The van der Waals surface area contributed by atoms with Gasteiger partial charge in [-0.2, -0.15) is 0 Å². The van der Waals surface area contributed by atoms with Crippen LogP contribution < -0.4 is 5.32 Å². The van der Waals surface area contributed by atoms with Crippen molar-refractivity contribution in [2.75, 3.05) is 26.0 Å². The molecule has 6 heteroatoms. The van der Waals surface area contributed by atoms with Crippen LogP contribution in [0.15, 0.2) is 4.99 Å². The molecule has 0 fully saturated rings. The second-order valence-corrected chi connectivity index (χ2v) is 2.15. The van der Waals surface area contributed by atoms with Crippen LogP contribution in [0.25, 0.3) is 0 Å². The summed E-state index contributed by atoms with van der Waals surface area (Å²) in [5, 5.41) is 12.7. The fraction of sp³-hybridized carbons (Fsp3) is 0.800. The van der Waals surface area contributed by atoms with Gasteiger partial charge in [-0.1, -0.05) is 0 Å². The SMILES string of the molecule is CN=C(C[N+](=O)[O-])NCCCl. The highest BCUT2D eigenvalue weighted by Crippen LogP contribution is 1.76. The molecular weight excluding hydrogens is 170 g/mol. The zero-order valence-electron chi connectivity index (χ0n) is 6.21. The summed E-state index contributed by atoms with van der Waals surface area (Å²) >= 11 is 5.35.